The zero-order valence-electron chi connectivity index (χ0n) is 16.1. The largest absolute Gasteiger partial charge is 0.481 e. The van der Waals surface area contributed by atoms with E-state index in [2.05, 4.69) is 10.6 Å². The third kappa shape index (κ3) is 5.83. The van der Waals surface area contributed by atoms with Gasteiger partial charge >= 0.3 is 0 Å². The number of benzene rings is 3. The number of carbonyl (C=O) groups excluding carboxylic acids is 2. The highest BCUT2D eigenvalue weighted by Gasteiger charge is 2.16. The summed E-state index contributed by atoms with van der Waals surface area (Å²) in [5.74, 6) is 0.0122. The Kier molecular flexibility index (Phi) is 6.52. The Bertz CT molecular complexity index is 1020. The number of ether oxygens (including phenoxy) is 1. The number of hydrogen-bond acceptors (Lipinski definition) is 3. The molecule has 0 aliphatic carbocycles. The standard InChI is InChI=1S/C23H21ClN2O3/c1-15-9-11-21(12-10-15)29-16(2)22(27)25-19-7-3-5-17(13-19)23(28)26-20-8-4-6-18(24)14-20/h3-14,16H,1-2H3,(H,25,27)(H,26,28). The monoisotopic (exact) mass is 408 g/mol. The molecule has 0 aromatic heterocycles. The Morgan fingerprint density at radius 1 is 0.897 bits per heavy atom. The lowest BCUT2D eigenvalue weighted by Gasteiger charge is -2.15. The van der Waals surface area contributed by atoms with Crippen molar-refractivity contribution >= 4 is 34.8 Å². The smallest absolute Gasteiger partial charge is 0.265 e. The van der Waals surface area contributed by atoms with Gasteiger partial charge in [-0.3, -0.25) is 9.59 Å². The molecular formula is C23H21ClN2O3. The van der Waals surface area contributed by atoms with E-state index in [0.29, 0.717) is 27.7 Å². The Morgan fingerprint density at radius 2 is 1.55 bits per heavy atom. The van der Waals surface area contributed by atoms with Gasteiger partial charge in [0.15, 0.2) is 6.10 Å². The van der Waals surface area contributed by atoms with Crippen LogP contribution in [0.25, 0.3) is 0 Å². The Labute approximate surface area is 174 Å². The maximum Gasteiger partial charge on any atom is 0.265 e. The normalized spacial score (nSPS) is 11.4. The quantitative estimate of drug-likeness (QED) is 0.581. The number of anilines is 2. The summed E-state index contributed by atoms with van der Waals surface area (Å²) < 4.78 is 5.67. The van der Waals surface area contributed by atoms with Crippen LogP contribution < -0.4 is 15.4 Å². The van der Waals surface area contributed by atoms with Gasteiger partial charge in [-0.1, -0.05) is 41.4 Å². The van der Waals surface area contributed by atoms with Crippen molar-refractivity contribution in [1.82, 2.24) is 0 Å². The van der Waals surface area contributed by atoms with Gasteiger partial charge in [-0.2, -0.15) is 0 Å². The van der Waals surface area contributed by atoms with E-state index in [1.54, 1.807) is 55.5 Å². The summed E-state index contributed by atoms with van der Waals surface area (Å²) in [7, 11) is 0. The van der Waals surface area contributed by atoms with E-state index in [9.17, 15) is 9.59 Å². The van der Waals surface area contributed by atoms with Crippen molar-refractivity contribution in [2.45, 2.75) is 20.0 Å². The highest BCUT2D eigenvalue weighted by molar-refractivity contribution is 6.31. The van der Waals surface area contributed by atoms with Crippen LogP contribution in [-0.2, 0) is 4.79 Å². The predicted octanol–water partition coefficient (Wildman–Crippen LogP) is 5.31. The molecule has 2 N–H and O–H groups in total. The number of aryl methyl sites for hydroxylation is 1. The van der Waals surface area contributed by atoms with Crippen molar-refractivity contribution in [3.05, 3.63) is 88.9 Å². The maximum absolute atomic E-state index is 12.5. The third-order valence-corrected chi connectivity index (χ3v) is 4.41. The second-order valence-electron chi connectivity index (χ2n) is 6.61. The molecule has 0 radical (unpaired) electrons. The van der Waals surface area contributed by atoms with Gasteiger partial charge in [-0.05, 0) is 62.4 Å². The van der Waals surface area contributed by atoms with Crippen molar-refractivity contribution in [2.75, 3.05) is 10.6 Å². The molecule has 29 heavy (non-hydrogen) atoms. The molecule has 2 amide bonds. The van der Waals surface area contributed by atoms with E-state index in [4.69, 9.17) is 16.3 Å². The topological polar surface area (TPSA) is 67.4 Å². The molecule has 6 heteroatoms. The number of halogens is 1. The molecule has 0 saturated carbocycles. The molecule has 3 aromatic carbocycles. The average Bonchev–Trinajstić information content (AvgIpc) is 2.70. The zero-order chi connectivity index (χ0) is 20.8. The van der Waals surface area contributed by atoms with Gasteiger partial charge in [0.2, 0.25) is 0 Å². The zero-order valence-corrected chi connectivity index (χ0v) is 16.9. The van der Waals surface area contributed by atoms with Gasteiger partial charge in [-0.15, -0.1) is 0 Å². The lowest BCUT2D eigenvalue weighted by Crippen LogP contribution is -2.30. The Morgan fingerprint density at radius 3 is 2.24 bits per heavy atom. The van der Waals surface area contributed by atoms with Crippen molar-refractivity contribution in [1.29, 1.82) is 0 Å². The Hall–Kier alpha value is -3.31. The van der Waals surface area contributed by atoms with E-state index in [1.807, 2.05) is 31.2 Å². The van der Waals surface area contributed by atoms with Crippen LogP contribution in [0, 0.1) is 6.92 Å². The van der Waals surface area contributed by atoms with Gasteiger partial charge in [0, 0.05) is 22.0 Å². The third-order valence-electron chi connectivity index (χ3n) is 4.18. The molecule has 0 fully saturated rings. The SMILES string of the molecule is Cc1ccc(OC(C)C(=O)Nc2cccc(C(=O)Nc3cccc(Cl)c3)c2)cc1. The predicted molar refractivity (Wildman–Crippen MR) is 116 cm³/mol. The van der Waals surface area contributed by atoms with Crippen molar-refractivity contribution in [2.24, 2.45) is 0 Å². The van der Waals surface area contributed by atoms with Gasteiger partial charge in [0.05, 0.1) is 0 Å². The van der Waals surface area contributed by atoms with Crippen LogP contribution in [-0.4, -0.2) is 17.9 Å². The molecule has 0 aliphatic rings. The summed E-state index contributed by atoms with van der Waals surface area (Å²) in [5, 5.41) is 6.09. The molecular weight excluding hydrogens is 388 g/mol. The molecule has 1 atom stereocenters. The first kappa shape index (κ1) is 20.4. The first-order chi connectivity index (χ1) is 13.9. The summed E-state index contributed by atoms with van der Waals surface area (Å²) >= 11 is 5.94. The van der Waals surface area contributed by atoms with Crippen LogP contribution in [0.2, 0.25) is 5.02 Å². The van der Waals surface area contributed by atoms with E-state index in [-0.39, 0.29) is 11.8 Å². The second-order valence-corrected chi connectivity index (χ2v) is 7.04. The van der Waals surface area contributed by atoms with Crippen LogP contribution in [0.5, 0.6) is 5.75 Å². The first-order valence-corrected chi connectivity index (χ1v) is 9.50. The van der Waals surface area contributed by atoms with Crippen LogP contribution >= 0.6 is 11.6 Å². The molecule has 0 saturated heterocycles. The lowest BCUT2D eigenvalue weighted by molar-refractivity contribution is -0.122. The molecule has 1 unspecified atom stereocenters. The minimum Gasteiger partial charge on any atom is -0.481 e. The fourth-order valence-corrected chi connectivity index (χ4v) is 2.82. The van der Waals surface area contributed by atoms with Crippen LogP contribution in [0.3, 0.4) is 0 Å². The highest BCUT2D eigenvalue weighted by Crippen LogP contribution is 2.18. The maximum atomic E-state index is 12.5. The van der Waals surface area contributed by atoms with Gasteiger partial charge in [0.1, 0.15) is 5.75 Å². The Balaban J connectivity index is 1.63. The van der Waals surface area contributed by atoms with E-state index in [1.165, 1.54) is 0 Å². The average molecular weight is 409 g/mol. The molecule has 0 spiro atoms. The fraction of sp³-hybridized carbons (Fsp3) is 0.130. The lowest BCUT2D eigenvalue weighted by atomic mass is 10.1. The number of carbonyl (C=O) groups is 2. The summed E-state index contributed by atoms with van der Waals surface area (Å²) in [4.78, 5) is 24.9. The van der Waals surface area contributed by atoms with Crippen LogP contribution in [0.1, 0.15) is 22.8 Å². The van der Waals surface area contributed by atoms with Gasteiger partial charge in [0.25, 0.3) is 11.8 Å². The number of nitrogens with one attached hydrogen (secondary N) is 2. The molecule has 0 heterocycles. The molecule has 148 valence electrons. The molecule has 3 rings (SSSR count). The number of rotatable bonds is 6. The summed E-state index contributed by atoms with van der Waals surface area (Å²) in [6, 6.07) is 21.1. The van der Waals surface area contributed by atoms with Crippen molar-refractivity contribution in [3.8, 4) is 5.75 Å². The van der Waals surface area contributed by atoms with E-state index < -0.39 is 6.10 Å². The van der Waals surface area contributed by atoms with Crippen LogP contribution in [0.15, 0.2) is 72.8 Å². The minimum atomic E-state index is -0.693. The molecule has 0 aliphatic heterocycles. The first-order valence-electron chi connectivity index (χ1n) is 9.12. The summed E-state index contributed by atoms with van der Waals surface area (Å²) in [6.45, 7) is 3.65. The van der Waals surface area contributed by atoms with Crippen LogP contribution in [0.4, 0.5) is 11.4 Å². The molecule has 0 bridgehead atoms. The van der Waals surface area contributed by atoms with Crippen molar-refractivity contribution < 1.29 is 14.3 Å². The summed E-state index contributed by atoms with van der Waals surface area (Å²) in [5.41, 5.74) is 2.63. The van der Waals surface area contributed by atoms with E-state index in [0.717, 1.165) is 5.56 Å². The fourth-order valence-electron chi connectivity index (χ4n) is 2.63. The molecule has 5 nitrogen and oxygen atoms in total. The highest BCUT2D eigenvalue weighted by atomic mass is 35.5. The van der Waals surface area contributed by atoms with Crippen molar-refractivity contribution in [3.63, 3.8) is 0 Å². The minimum absolute atomic E-state index is 0.299. The van der Waals surface area contributed by atoms with Gasteiger partial charge < -0.3 is 15.4 Å². The van der Waals surface area contributed by atoms with Gasteiger partial charge in [-0.25, -0.2) is 0 Å². The van der Waals surface area contributed by atoms with E-state index >= 15 is 0 Å². The number of amides is 2. The summed E-state index contributed by atoms with van der Waals surface area (Å²) in [6.07, 6.45) is -0.693. The molecule has 3 aromatic rings. The number of hydrogen-bond donors (Lipinski definition) is 2. The second kappa shape index (κ2) is 9.26.